The van der Waals surface area contributed by atoms with E-state index in [9.17, 15) is 23.2 Å². The molecule has 0 radical (unpaired) electrons. The molecule has 2 aromatic rings. The topological polar surface area (TPSA) is 106 Å². The Balaban J connectivity index is 1.49. The quantitative estimate of drug-likeness (QED) is 0.782. The first kappa shape index (κ1) is 21.4. The molecule has 0 saturated carbocycles. The molecule has 2 aliphatic heterocycles. The van der Waals surface area contributed by atoms with Crippen LogP contribution >= 0.6 is 0 Å². The molecule has 1 aromatic carbocycles. The number of carbonyl (C=O) groups excluding carboxylic acids is 3. The number of hydrogen-bond donors (Lipinski definition) is 1. The zero-order valence-electron chi connectivity index (χ0n) is 16.9. The van der Waals surface area contributed by atoms with Gasteiger partial charge in [0.2, 0.25) is 5.91 Å². The van der Waals surface area contributed by atoms with E-state index >= 15 is 0 Å². The Morgan fingerprint density at radius 2 is 2.06 bits per heavy atom. The number of rotatable bonds is 4. The lowest BCUT2D eigenvalue weighted by Crippen LogP contribution is -2.43. The Hall–Kier alpha value is -3.87. The minimum Gasteiger partial charge on any atom is -0.343 e. The molecule has 0 spiro atoms. The summed E-state index contributed by atoms with van der Waals surface area (Å²) >= 11 is 0. The SMILES string of the molecule is N#C[C@@H]1CC(F)(F)CN1C(=O)CNC(=O)c1ccncc1N1CCc2ccccc2C1=O. The van der Waals surface area contributed by atoms with Crippen molar-refractivity contribution in [3.05, 3.63) is 59.4 Å². The minimum atomic E-state index is -3.14. The van der Waals surface area contributed by atoms with Crippen molar-refractivity contribution in [3.63, 3.8) is 0 Å². The highest BCUT2D eigenvalue weighted by Crippen LogP contribution is 2.31. The highest BCUT2D eigenvalue weighted by molar-refractivity contribution is 6.12. The number of pyridine rings is 1. The second-order valence-electron chi connectivity index (χ2n) is 7.67. The molecule has 1 aromatic heterocycles. The lowest BCUT2D eigenvalue weighted by Gasteiger charge is -2.29. The number of nitriles is 1. The van der Waals surface area contributed by atoms with Crippen LogP contribution in [0.1, 0.15) is 32.7 Å². The van der Waals surface area contributed by atoms with Gasteiger partial charge in [-0.2, -0.15) is 5.26 Å². The number of amides is 3. The molecule has 0 unspecified atom stereocenters. The number of fused-ring (bicyclic) bond motifs is 1. The van der Waals surface area contributed by atoms with Crippen LogP contribution < -0.4 is 10.2 Å². The fraction of sp³-hybridized carbons (Fsp3) is 0.318. The van der Waals surface area contributed by atoms with E-state index in [1.807, 2.05) is 12.1 Å². The van der Waals surface area contributed by atoms with Gasteiger partial charge >= 0.3 is 0 Å². The van der Waals surface area contributed by atoms with E-state index in [-0.39, 0.29) is 11.5 Å². The molecule has 1 atom stereocenters. The van der Waals surface area contributed by atoms with Crippen LogP contribution in [0.3, 0.4) is 0 Å². The van der Waals surface area contributed by atoms with Gasteiger partial charge in [-0.25, -0.2) is 8.78 Å². The van der Waals surface area contributed by atoms with Crippen LogP contribution in [-0.4, -0.2) is 59.2 Å². The lowest BCUT2D eigenvalue weighted by atomic mass is 9.98. The molecule has 1 N–H and O–H groups in total. The average molecular weight is 439 g/mol. The van der Waals surface area contributed by atoms with Crippen molar-refractivity contribution in [2.24, 2.45) is 0 Å². The van der Waals surface area contributed by atoms with Crippen LogP contribution in [0.5, 0.6) is 0 Å². The van der Waals surface area contributed by atoms with E-state index in [4.69, 9.17) is 5.26 Å². The first-order valence-electron chi connectivity index (χ1n) is 9.99. The number of anilines is 1. The van der Waals surface area contributed by atoms with Gasteiger partial charge in [-0.1, -0.05) is 18.2 Å². The zero-order chi connectivity index (χ0) is 22.9. The zero-order valence-corrected chi connectivity index (χ0v) is 16.9. The predicted molar refractivity (Wildman–Crippen MR) is 109 cm³/mol. The number of aromatic nitrogens is 1. The highest BCUT2D eigenvalue weighted by Gasteiger charge is 2.47. The number of likely N-dealkylation sites (tertiary alicyclic amines) is 1. The maximum absolute atomic E-state index is 13.6. The van der Waals surface area contributed by atoms with Crippen molar-refractivity contribution in [1.82, 2.24) is 15.2 Å². The van der Waals surface area contributed by atoms with E-state index in [2.05, 4.69) is 10.3 Å². The van der Waals surface area contributed by atoms with Gasteiger partial charge < -0.3 is 15.1 Å². The summed E-state index contributed by atoms with van der Waals surface area (Å²) in [6.07, 6.45) is 2.66. The number of hydrogen-bond acceptors (Lipinski definition) is 5. The molecule has 0 bridgehead atoms. The summed E-state index contributed by atoms with van der Waals surface area (Å²) in [6, 6.07) is 9.09. The van der Waals surface area contributed by atoms with Gasteiger partial charge in [0.05, 0.1) is 36.6 Å². The fourth-order valence-corrected chi connectivity index (χ4v) is 4.00. The second-order valence-corrected chi connectivity index (χ2v) is 7.67. The third-order valence-corrected chi connectivity index (χ3v) is 5.57. The Labute approximate surface area is 182 Å². The summed E-state index contributed by atoms with van der Waals surface area (Å²) in [7, 11) is 0. The standard InChI is InChI=1S/C22H19F2N5O3/c23-22(24)9-15(10-25)29(13-22)19(30)12-27-20(31)17-5-7-26-11-18(17)28-8-6-14-3-1-2-4-16(14)21(28)32/h1-5,7,11,15H,6,8-9,12-13H2,(H,27,31)/t15-/m0/s1. The lowest BCUT2D eigenvalue weighted by molar-refractivity contribution is -0.131. The van der Waals surface area contributed by atoms with Gasteiger partial charge in [0.15, 0.2) is 0 Å². The smallest absolute Gasteiger partial charge is 0.268 e. The summed E-state index contributed by atoms with van der Waals surface area (Å²) in [5, 5.41) is 11.5. The first-order chi connectivity index (χ1) is 15.3. The Bertz CT molecular complexity index is 1130. The van der Waals surface area contributed by atoms with Crippen molar-refractivity contribution in [1.29, 1.82) is 5.26 Å². The molecule has 3 amide bonds. The van der Waals surface area contributed by atoms with E-state index in [0.29, 0.717) is 24.2 Å². The Morgan fingerprint density at radius 1 is 1.28 bits per heavy atom. The minimum absolute atomic E-state index is 0.129. The van der Waals surface area contributed by atoms with Crippen molar-refractivity contribution < 1.29 is 23.2 Å². The Kier molecular flexibility index (Phi) is 5.57. The van der Waals surface area contributed by atoms with E-state index in [1.54, 1.807) is 18.2 Å². The molecule has 3 heterocycles. The first-order valence-corrected chi connectivity index (χ1v) is 9.99. The highest BCUT2D eigenvalue weighted by atomic mass is 19.3. The van der Waals surface area contributed by atoms with Gasteiger partial charge in [-0.15, -0.1) is 0 Å². The molecule has 1 saturated heterocycles. The second kappa shape index (κ2) is 8.34. The van der Waals surface area contributed by atoms with Gasteiger partial charge in [0, 0.05) is 24.7 Å². The molecule has 164 valence electrons. The van der Waals surface area contributed by atoms with E-state index in [0.717, 1.165) is 10.5 Å². The molecule has 32 heavy (non-hydrogen) atoms. The largest absolute Gasteiger partial charge is 0.343 e. The average Bonchev–Trinajstić information content (AvgIpc) is 3.12. The molecule has 1 fully saturated rings. The predicted octanol–water partition coefficient (Wildman–Crippen LogP) is 1.77. The third-order valence-electron chi connectivity index (χ3n) is 5.57. The number of benzene rings is 1. The molecule has 0 aliphatic carbocycles. The van der Waals surface area contributed by atoms with Crippen LogP contribution in [0.25, 0.3) is 0 Å². The van der Waals surface area contributed by atoms with Gasteiger partial charge in [0.1, 0.15) is 6.04 Å². The monoisotopic (exact) mass is 439 g/mol. The van der Waals surface area contributed by atoms with Crippen molar-refractivity contribution in [3.8, 4) is 6.07 Å². The van der Waals surface area contributed by atoms with Crippen molar-refractivity contribution in [2.75, 3.05) is 24.5 Å². The van der Waals surface area contributed by atoms with E-state index in [1.165, 1.54) is 23.4 Å². The fourth-order valence-electron chi connectivity index (χ4n) is 4.00. The molecule has 2 aliphatic rings. The van der Waals surface area contributed by atoms with Crippen LogP contribution in [0.2, 0.25) is 0 Å². The van der Waals surface area contributed by atoms with Crippen LogP contribution in [0.4, 0.5) is 14.5 Å². The number of nitrogens with one attached hydrogen (secondary N) is 1. The summed E-state index contributed by atoms with van der Waals surface area (Å²) < 4.78 is 27.2. The normalized spacial score (nSPS) is 19.3. The van der Waals surface area contributed by atoms with E-state index < -0.39 is 43.3 Å². The van der Waals surface area contributed by atoms with Gasteiger partial charge in [0.25, 0.3) is 17.7 Å². The number of nitrogens with zero attached hydrogens (tertiary/aromatic N) is 4. The summed E-state index contributed by atoms with van der Waals surface area (Å²) in [6.45, 7) is -1.05. The number of carbonyl (C=O) groups is 3. The molecular formula is C22H19F2N5O3. The maximum atomic E-state index is 13.6. The third kappa shape index (κ3) is 4.01. The summed E-state index contributed by atoms with van der Waals surface area (Å²) in [5.74, 6) is -4.83. The summed E-state index contributed by atoms with van der Waals surface area (Å²) in [4.78, 5) is 44.4. The van der Waals surface area contributed by atoms with Crippen LogP contribution in [0.15, 0.2) is 42.7 Å². The Morgan fingerprint density at radius 3 is 2.84 bits per heavy atom. The van der Waals surface area contributed by atoms with Crippen molar-refractivity contribution in [2.45, 2.75) is 24.8 Å². The van der Waals surface area contributed by atoms with Gasteiger partial charge in [-0.3, -0.25) is 19.4 Å². The number of halogens is 2. The molecule has 4 rings (SSSR count). The van der Waals surface area contributed by atoms with Crippen LogP contribution in [-0.2, 0) is 11.2 Å². The molecule has 8 nitrogen and oxygen atoms in total. The number of alkyl halides is 2. The summed E-state index contributed by atoms with van der Waals surface area (Å²) in [5.41, 5.74) is 1.88. The molecule has 10 heteroatoms. The van der Waals surface area contributed by atoms with Crippen molar-refractivity contribution >= 4 is 23.4 Å². The molecular weight excluding hydrogens is 420 g/mol. The van der Waals surface area contributed by atoms with Gasteiger partial charge in [-0.05, 0) is 24.1 Å². The maximum Gasteiger partial charge on any atom is 0.268 e. The van der Waals surface area contributed by atoms with Crippen LogP contribution in [0, 0.1) is 11.3 Å².